The van der Waals surface area contributed by atoms with Crippen LogP contribution in [0.15, 0.2) is 42.9 Å². The molecule has 6 rings (SSSR count). The number of halogens is 6. The topological polar surface area (TPSA) is 85.1 Å². The van der Waals surface area contributed by atoms with Crippen LogP contribution in [0.4, 0.5) is 32.2 Å². The first kappa shape index (κ1) is 25.3. The van der Waals surface area contributed by atoms with Gasteiger partial charge in [0.15, 0.2) is 11.5 Å². The molecule has 13 heteroatoms. The first-order valence-corrected chi connectivity index (χ1v) is 12.2. The van der Waals surface area contributed by atoms with Crippen LogP contribution in [-0.4, -0.2) is 42.3 Å². The van der Waals surface area contributed by atoms with Gasteiger partial charge in [0, 0.05) is 36.5 Å². The fourth-order valence-electron chi connectivity index (χ4n) is 4.92. The van der Waals surface area contributed by atoms with Crippen molar-refractivity contribution in [2.75, 3.05) is 5.32 Å². The fraction of sp³-hybridized carbons (Fsp3) is 0.346. The van der Waals surface area contributed by atoms with E-state index in [9.17, 15) is 31.1 Å². The molecule has 4 aromatic rings. The second-order valence-corrected chi connectivity index (χ2v) is 9.95. The zero-order valence-corrected chi connectivity index (χ0v) is 20.4. The number of carbonyl (C=O) groups is 1. The Labute approximate surface area is 217 Å². The van der Waals surface area contributed by atoms with E-state index < -0.39 is 36.2 Å². The second-order valence-electron chi connectivity index (χ2n) is 9.95. The van der Waals surface area contributed by atoms with E-state index in [0.29, 0.717) is 16.8 Å². The van der Waals surface area contributed by atoms with Crippen LogP contribution in [0.5, 0.6) is 0 Å². The van der Waals surface area contributed by atoms with Crippen molar-refractivity contribution in [1.29, 1.82) is 0 Å². The molecule has 1 aliphatic carbocycles. The minimum absolute atomic E-state index is 0.0369. The first-order valence-electron chi connectivity index (χ1n) is 12.2. The van der Waals surface area contributed by atoms with E-state index in [1.54, 1.807) is 6.92 Å². The van der Waals surface area contributed by atoms with Crippen LogP contribution in [0.25, 0.3) is 17.2 Å². The Kier molecular flexibility index (Phi) is 5.50. The van der Waals surface area contributed by atoms with E-state index in [4.69, 9.17) is 4.98 Å². The lowest BCUT2D eigenvalue weighted by Crippen LogP contribution is -2.36. The summed E-state index contributed by atoms with van der Waals surface area (Å²) in [6.45, 7) is 1.71. The van der Waals surface area contributed by atoms with Crippen molar-refractivity contribution in [1.82, 2.24) is 24.3 Å². The van der Waals surface area contributed by atoms with E-state index in [-0.39, 0.29) is 40.5 Å². The summed E-state index contributed by atoms with van der Waals surface area (Å²) < 4.78 is 80.7. The quantitative estimate of drug-likeness (QED) is 0.319. The normalized spacial score (nSPS) is 19.4. The zero-order chi connectivity index (χ0) is 27.7. The van der Waals surface area contributed by atoms with Crippen molar-refractivity contribution in [3.8, 4) is 11.5 Å². The molecular formula is C26H20F6N6O. The summed E-state index contributed by atoms with van der Waals surface area (Å²) in [6.07, 6.45) is -1.85. The summed E-state index contributed by atoms with van der Waals surface area (Å²) in [6, 6.07) is 5.61. The molecule has 3 aromatic heterocycles. The molecule has 2 aliphatic rings. The number of benzene rings is 1. The van der Waals surface area contributed by atoms with E-state index in [2.05, 4.69) is 20.3 Å². The number of aromatic nitrogens is 5. The molecular weight excluding hydrogens is 526 g/mol. The van der Waals surface area contributed by atoms with Crippen LogP contribution in [-0.2, 0) is 16.6 Å². The lowest BCUT2D eigenvalue weighted by molar-refractivity contribution is -0.284. The molecule has 1 amide bonds. The van der Waals surface area contributed by atoms with Crippen LogP contribution in [0.1, 0.15) is 54.6 Å². The number of anilines is 1. The fourth-order valence-corrected chi connectivity index (χ4v) is 4.92. The van der Waals surface area contributed by atoms with Crippen LogP contribution >= 0.6 is 0 Å². The lowest BCUT2D eigenvalue weighted by Gasteiger charge is -2.24. The number of fused-ring (bicyclic) bond motifs is 2. The van der Waals surface area contributed by atoms with Gasteiger partial charge in [-0.05, 0) is 43.9 Å². The first-order chi connectivity index (χ1) is 18.4. The van der Waals surface area contributed by atoms with Crippen LogP contribution in [0, 0.1) is 5.82 Å². The minimum Gasteiger partial charge on any atom is -0.309 e. The predicted octanol–water partition coefficient (Wildman–Crippen LogP) is 5.59. The van der Waals surface area contributed by atoms with E-state index >= 15 is 0 Å². The minimum atomic E-state index is -5.69. The number of imidazole rings is 1. The number of hydrogen-bond donors (Lipinski definition) is 1. The Morgan fingerprint density at radius 2 is 1.79 bits per heavy atom. The standard InChI is InChI=1S/C26H20F6N6O/c1-24(14-4-6-15(27)7-5-14)18-19(13-2-3-13)35-20(36-21(18)37-23(24)39)17-12-38-11-10-33-22(38)16(34-17)8-9-25(28,29)26(30,31)32/h4-7,10-13H,2-3,8-9H2,1H3,(H,35,36,37,39). The van der Waals surface area contributed by atoms with Gasteiger partial charge >= 0.3 is 12.1 Å². The highest BCUT2D eigenvalue weighted by molar-refractivity contribution is 6.08. The Hall–Kier alpha value is -4.03. The Balaban J connectivity index is 1.45. The Morgan fingerprint density at radius 1 is 1.08 bits per heavy atom. The van der Waals surface area contributed by atoms with Crippen LogP contribution < -0.4 is 5.32 Å². The highest BCUT2D eigenvalue weighted by atomic mass is 19.4. The molecule has 1 saturated carbocycles. The van der Waals surface area contributed by atoms with Crippen LogP contribution in [0.2, 0.25) is 0 Å². The molecule has 7 nitrogen and oxygen atoms in total. The number of carbonyl (C=O) groups excluding carboxylic acids is 1. The molecule has 1 N–H and O–H groups in total. The van der Waals surface area contributed by atoms with Gasteiger partial charge in [-0.1, -0.05) is 12.1 Å². The molecule has 0 spiro atoms. The van der Waals surface area contributed by atoms with Gasteiger partial charge < -0.3 is 9.72 Å². The molecule has 0 saturated heterocycles. The number of alkyl halides is 5. The Morgan fingerprint density at radius 3 is 2.46 bits per heavy atom. The average Bonchev–Trinajstić information content (AvgIpc) is 3.56. The lowest BCUT2D eigenvalue weighted by atomic mass is 9.76. The van der Waals surface area contributed by atoms with Crippen molar-refractivity contribution in [2.24, 2.45) is 0 Å². The summed E-state index contributed by atoms with van der Waals surface area (Å²) in [4.78, 5) is 30.9. The van der Waals surface area contributed by atoms with Crippen molar-refractivity contribution in [3.05, 3.63) is 71.2 Å². The van der Waals surface area contributed by atoms with Gasteiger partial charge in [-0.2, -0.15) is 22.0 Å². The highest BCUT2D eigenvalue weighted by Crippen LogP contribution is 2.50. The number of hydrogen-bond acceptors (Lipinski definition) is 5. The monoisotopic (exact) mass is 546 g/mol. The molecule has 202 valence electrons. The number of amides is 1. The van der Waals surface area contributed by atoms with E-state index in [1.807, 2.05) is 0 Å². The van der Waals surface area contributed by atoms with Crippen LogP contribution in [0.3, 0.4) is 0 Å². The van der Waals surface area contributed by atoms with Crippen molar-refractivity contribution in [3.63, 3.8) is 0 Å². The molecule has 1 aromatic carbocycles. The number of rotatable bonds is 6. The largest absolute Gasteiger partial charge is 0.453 e. The van der Waals surface area contributed by atoms with Gasteiger partial charge in [0.05, 0.1) is 11.4 Å². The maximum Gasteiger partial charge on any atom is 0.453 e. The SMILES string of the molecule is CC1(c2ccc(F)cc2)C(=O)Nc2nc(-c3cn4ccnc4c(CCC(F)(F)C(F)(F)F)n3)nc(C3CC3)c21. The van der Waals surface area contributed by atoms with Crippen molar-refractivity contribution in [2.45, 2.75) is 56.0 Å². The molecule has 0 radical (unpaired) electrons. The van der Waals surface area contributed by atoms with Gasteiger partial charge in [-0.3, -0.25) is 4.79 Å². The maximum absolute atomic E-state index is 13.7. The van der Waals surface area contributed by atoms with Crippen molar-refractivity contribution >= 4 is 17.4 Å². The molecule has 4 heterocycles. The smallest absolute Gasteiger partial charge is 0.309 e. The van der Waals surface area contributed by atoms with Gasteiger partial charge in [0.1, 0.15) is 22.7 Å². The summed E-state index contributed by atoms with van der Waals surface area (Å²) in [5.41, 5.74) is 0.743. The van der Waals surface area contributed by atoms with Crippen molar-refractivity contribution < 1.29 is 31.1 Å². The van der Waals surface area contributed by atoms with Gasteiger partial charge in [0.25, 0.3) is 0 Å². The van der Waals surface area contributed by atoms with Gasteiger partial charge in [-0.25, -0.2) is 24.3 Å². The molecule has 39 heavy (non-hydrogen) atoms. The average molecular weight is 546 g/mol. The summed E-state index contributed by atoms with van der Waals surface area (Å²) >= 11 is 0. The van der Waals surface area contributed by atoms with E-state index in [0.717, 1.165) is 12.8 Å². The third-order valence-electron chi connectivity index (χ3n) is 7.27. The molecule has 1 aliphatic heterocycles. The molecule has 1 fully saturated rings. The molecule has 1 atom stereocenters. The molecule has 0 bridgehead atoms. The van der Waals surface area contributed by atoms with Gasteiger partial charge in [-0.15, -0.1) is 0 Å². The van der Waals surface area contributed by atoms with Gasteiger partial charge in [0.2, 0.25) is 5.91 Å². The number of aryl methyl sites for hydroxylation is 1. The third kappa shape index (κ3) is 4.10. The Bertz CT molecular complexity index is 1610. The third-order valence-corrected chi connectivity index (χ3v) is 7.27. The maximum atomic E-state index is 13.7. The number of nitrogens with zero attached hydrogens (tertiary/aromatic N) is 5. The number of nitrogens with one attached hydrogen (secondary N) is 1. The second kappa shape index (κ2) is 8.48. The predicted molar refractivity (Wildman–Crippen MR) is 127 cm³/mol. The summed E-state index contributed by atoms with van der Waals surface area (Å²) in [5, 5.41) is 2.79. The zero-order valence-electron chi connectivity index (χ0n) is 20.4. The summed E-state index contributed by atoms with van der Waals surface area (Å²) in [7, 11) is 0. The van der Waals surface area contributed by atoms with E-state index in [1.165, 1.54) is 47.3 Å². The summed E-state index contributed by atoms with van der Waals surface area (Å²) in [5.74, 6) is -5.35. The highest BCUT2D eigenvalue weighted by Gasteiger charge is 2.56. The molecule has 1 unspecified atom stereocenters.